The van der Waals surface area contributed by atoms with Gasteiger partial charge < -0.3 is 20.6 Å². The number of carbonyl (C=O) groups excluding carboxylic acids is 1. The van der Waals surface area contributed by atoms with Crippen LogP contribution in [0.2, 0.25) is 0 Å². The number of rotatable bonds is 13. The molecule has 0 spiro atoms. The molecule has 3 aromatic rings. The van der Waals surface area contributed by atoms with Crippen LogP contribution in [0.1, 0.15) is 36.9 Å². The molecule has 0 aromatic carbocycles. The molecule has 0 saturated carbocycles. The Morgan fingerprint density at radius 2 is 2.05 bits per heavy atom. The van der Waals surface area contributed by atoms with Crippen molar-refractivity contribution in [1.82, 2.24) is 34.5 Å². The minimum absolute atomic E-state index is 0.0138. The summed E-state index contributed by atoms with van der Waals surface area (Å²) in [7, 11) is 5.23. The van der Waals surface area contributed by atoms with E-state index in [4.69, 9.17) is 4.98 Å². The highest BCUT2D eigenvalue weighted by Gasteiger charge is 2.22. The Balaban J connectivity index is 1.34. The van der Waals surface area contributed by atoms with Crippen LogP contribution < -0.4 is 10.6 Å². The maximum absolute atomic E-state index is 12.5. The van der Waals surface area contributed by atoms with E-state index < -0.39 is 12.0 Å². The molecule has 3 aromatic heterocycles. The highest BCUT2D eigenvalue weighted by Crippen LogP contribution is 2.21. The fraction of sp³-hybridized carbons (Fsp3) is 0.538. The van der Waals surface area contributed by atoms with E-state index in [0.717, 1.165) is 50.2 Å². The van der Waals surface area contributed by atoms with Crippen molar-refractivity contribution in [1.29, 1.82) is 0 Å². The first kappa shape index (κ1) is 27.2. The Bertz CT molecular complexity index is 1260. The number of anilines is 2. The monoisotopic (exact) mass is 523 g/mol. The number of unbranched alkanes of at least 4 members (excludes halogenated alkanes) is 1. The zero-order valence-corrected chi connectivity index (χ0v) is 22.4. The molecule has 1 aliphatic heterocycles. The van der Waals surface area contributed by atoms with Gasteiger partial charge in [0.15, 0.2) is 5.65 Å². The molecular weight excluding hydrogens is 486 g/mol. The molecule has 12 heteroatoms. The lowest BCUT2D eigenvalue weighted by molar-refractivity contribution is -0.138. The summed E-state index contributed by atoms with van der Waals surface area (Å²) < 4.78 is 1.61. The van der Waals surface area contributed by atoms with Crippen molar-refractivity contribution in [2.75, 3.05) is 50.9 Å². The van der Waals surface area contributed by atoms with E-state index in [9.17, 15) is 14.7 Å². The van der Waals surface area contributed by atoms with E-state index >= 15 is 0 Å². The summed E-state index contributed by atoms with van der Waals surface area (Å²) >= 11 is 0. The summed E-state index contributed by atoms with van der Waals surface area (Å²) in [4.78, 5) is 41.3. The molecule has 1 amide bonds. The SMILES string of the molecule is CN(C)C(=O)CN(CCCCc1ccc2c(n1)NCCC2)CCC(Nc1ncnc2c1cnn2C)C(=O)O. The number of carbonyl (C=O) groups is 2. The van der Waals surface area contributed by atoms with Gasteiger partial charge >= 0.3 is 5.97 Å². The van der Waals surface area contributed by atoms with E-state index in [1.165, 1.54) is 11.9 Å². The van der Waals surface area contributed by atoms with Gasteiger partial charge in [-0.15, -0.1) is 0 Å². The van der Waals surface area contributed by atoms with E-state index in [1.54, 1.807) is 36.9 Å². The van der Waals surface area contributed by atoms with Gasteiger partial charge in [-0.3, -0.25) is 14.4 Å². The number of pyridine rings is 1. The minimum atomic E-state index is -0.980. The Kier molecular flexibility index (Phi) is 9.06. The minimum Gasteiger partial charge on any atom is -0.480 e. The number of amides is 1. The van der Waals surface area contributed by atoms with Crippen LogP contribution in [-0.4, -0.2) is 97.8 Å². The second kappa shape index (κ2) is 12.6. The summed E-state index contributed by atoms with van der Waals surface area (Å²) in [6, 6.07) is 3.40. The van der Waals surface area contributed by atoms with E-state index in [1.807, 2.05) is 4.90 Å². The predicted molar refractivity (Wildman–Crippen MR) is 145 cm³/mol. The second-order valence-corrected chi connectivity index (χ2v) is 9.91. The molecule has 0 aliphatic carbocycles. The van der Waals surface area contributed by atoms with E-state index in [2.05, 4.69) is 37.8 Å². The third kappa shape index (κ3) is 6.94. The molecule has 1 unspecified atom stereocenters. The van der Waals surface area contributed by atoms with Crippen LogP contribution in [0.5, 0.6) is 0 Å². The average Bonchev–Trinajstić information content (AvgIpc) is 3.29. The van der Waals surface area contributed by atoms with Crippen molar-refractivity contribution < 1.29 is 14.7 Å². The number of aliphatic carboxylic acids is 1. The average molecular weight is 524 g/mol. The first-order valence-electron chi connectivity index (χ1n) is 13.1. The van der Waals surface area contributed by atoms with Crippen LogP contribution in [0.25, 0.3) is 11.0 Å². The molecule has 0 saturated heterocycles. The van der Waals surface area contributed by atoms with E-state index in [0.29, 0.717) is 36.4 Å². The number of nitrogens with zero attached hydrogens (tertiary/aromatic N) is 7. The third-order valence-corrected chi connectivity index (χ3v) is 6.84. The van der Waals surface area contributed by atoms with Crippen LogP contribution in [-0.2, 0) is 29.5 Å². The maximum atomic E-state index is 12.5. The predicted octanol–water partition coefficient (Wildman–Crippen LogP) is 1.78. The van der Waals surface area contributed by atoms with Crippen molar-refractivity contribution in [2.24, 2.45) is 7.05 Å². The molecular formula is C26H37N9O3. The highest BCUT2D eigenvalue weighted by molar-refractivity contribution is 5.88. The quantitative estimate of drug-likeness (QED) is 0.284. The normalized spacial score (nSPS) is 13.7. The lowest BCUT2D eigenvalue weighted by Crippen LogP contribution is -2.40. The second-order valence-electron chi connectivity index (χ2n) is 9.91. The number of hydrogen-bond acceptors (Lipinski definition) is 9. The largest absolute Gasteiger partial charge is 0.480 e. The third-order valence-electron chi connectivity index (χ3n) is 6.84. The van der Waals surface area contributed by atoms with Gasteiger partial charge in [0.25, 0.3) is 0 Å². The molecule has 38 heavy (non-hydrogen) atoms. The first-order chi connectivity index (χ1) is 18.3. The molecule has 4 heterocycles. The van der Waals surface area contributed by atoms with Gasteiger partial charge in [-0.05, 0) is 56.7 Å². The number of nitrogens with one attached hydrogen (secondary N) is 2. The number of likely N-dealkylation sites (N-methyl/N-ethyl adjacent to an activating group) is 1. The molecule has 0 fully saturated rings. The number of aryl methyl sites for hydroxylation is 3. The molecule has 0 radical (unpaired) electrons. The molecule has 4 rings (SSSR count). The van der Waals surface area contributed by atoms with Crippen molar-refractivity contribution in [3.05, 3.63) is 35.9 Å². The van der Waals surface area contributed by atoms with Crippen LogP contribution in [0.3, 0.4) is 0 Å². The van der Waals surface area contributed by atoms with Crippen molar-refractivity contribution in [3.63, 3.8) is 0 Å². The van der Waals surface area contributed by atoms with Gasteiger partial charge in [0, 0.05) is 39.9 Å². The Morgan fingerprint density at radius 3 is 2.84 bits per heavy atom. The molecule has 3 N–H and O–H groups in total. The topological polar surface area (TPSA) is 141 Å². The van der Waals surface area contributed by atoms with Gasteiger partial charge in [-0.25, -0.2) is 19.7 Å². The Hall–Kier alpha value is -3.80. The summed E-state index contributed by atoms with van der Waals surface area (Å²) in [6.07, 6.45) is 8.19. The lowest BCUT2D eigenvalue weighted by atomic mass is 10.1. The van der Waals surface area contributed by atoms with Crippen LogP contribution >= 0.6 is 0 Å². The van der Waals surface area contributed by atoms with Crippen LogP contribution in [0, 0.1) is 0 Å². The summed E-state index contributed by atoms with van der Waals surface area (Å²) in [5.41, 5.74) is 2.96. The zero-order chi connectivity index (χ0) is 27.1. The maximum Gasteiger partial charge on any atom is 0.326 e. The van der Waals surface area contributed by atoms with Gasteiger partial charge in [0.2, 0.25) is 5.91 Å². The van der Waals surface area contributed by atoms with Gasteiger partial charge in [-0.1, -0.05) is 6.07 Å². The number of hydrogen-bond donors (Lipinski definition) is 3. The molecule has 204 valence electrons. The van der Waals surface area contributed by atoms with Crippen LogP contribution in [0.15, 0.2) is 24.7 Å². The van der Waals surface area contributed by atoms with Gasteiger partial charge in [0.05, 0.1) is 18.1 Å². The lowest BCUT2D eigenvalue weighted by Gasteiger charge is -2.25. The Labute approximate surface area is 222 Å². The summed E-state index contributed by atoms with van der Waals surface area (Å²) in [5.74, 6) is 0.441. The summed E-state index contributed by atoms with van der Waals surface area (Å²) in [5, 5.41) is 21.2. The number of carboxylic acids is 1. The molecule has 0 bridgehead atoms. The standard InChI is InChI=1S/C26H37N9O3/c1-33(2)22(36)16-35(13-5-4-8-19-10-9-18-7-6-12-27-23(18)31-19)14-11-21(26(37)38)32-24-20-15-30-34(3)25(20)29-17-28-24/h9-10,15,17,21H,4-8,11-14,16H2,1-3H3,(H,27,31)(H,37,38)(H,28,29,32). The fourth-order valence-electron chi connectivity index (χ4n) is 4.56. The number of carboxylic acid groups (broad SMARTS) is 1. The van der Waals surface area contributed by atoms with Crippen LogP contribution in [0.4, 0.5) is 11.6 Å². The van der Waals surface area contributed by atoms with Gasteiger partial charge in [0.1, 0.15) is 24.0 Å². The van der Waals surface area contributed by atoms with Crippen molar-refractivity contribution >= 4 is 34.5 Å². The zero-order valence-electron chi connectivity index (χ0n) is 22.4. The number of aromatic nitrogens is 5. The first-order valence-corrected chi connectivity index (χ1v) is 13.1. The van der Waals surface area contributed by atoms with E-state index in [-0.39, 0.29) is 12.5 Å². The van der Waals surface area contributed by atoms with Crippen molar-refractivity contribution in [3.8, 4) is 0 Å². The molecule has 1 atom stereocenters. The summed E-state index contributed by atoms with van der Waals surface area (Å²) in [6.45, 7) is 2.34. The molecule has 12 nitrogen and oxygen atoms in total. The fourth-order valence-corrected chi connectivity index (χ4v) is 4.56. The Morgan fingerprint density at radius 1 is 1.21 bits per heavy atom. The van der Waals surface area contributed by atoms with Gasteiger partial charge in [-0.2, -0.15) is 5.10 Å². The molecule has 1 aliphatic rings. The highest BCUT2D eigenvalue weighted by atomic mass is 16.4. The van der Waals surface area contributed by atoms with Crippen molar-refractivity contribution in [2.45, 2.75) is 44.6 Å². The smallest absolute Gasteiger partial charge is 0.326 e. The number of fused-ring (bicyclic) bond motifs is 2.